The molecule has 0 heterocycles. The van der Waals surface area contributed by atoms with E-state index >= 15 is 0 Å². The second kappa shape index (κ2) is 7.23. The highest BCUT2D eigenvalue weighted by molar-refractivity contribution is 5.74. The second-order valence-corrected chi connectivity index (χ2v) is 14.3. The van der Waals surface area contributed by atoms with Gasteiger partial charge in [0, 0.05) is 5.92 Å². The molecule has 2 nitrogen and oxygen atoms in total. The Hall–Kier alpha value is -1.05. The molecule has 7 rings (SSSR count). The first-order valence-electron chi connectivity index (χ1n) is 14.1. The first-order valence-corrected chi connectivity index (χ1v) is 14.1. The van der Waals surface area contributed by atoms with E-state index in [2.05, 4.69) is 53.7 Å². The molecular formula is C31H46O2. The Morgan fingerprint density at radius 3 is 2.52 bits per heavy atom. The highest BCUT2D eigenvalue weighted by atomic mass is 16.5. The molecule has 1 unspecified atom stereocenters. The van der Waals surface area contributed by atoms with Crippen LogP contribution < -0.4 is 0 Å². The molecule has 182 valence electrons. The summed E-state index contributed by atoms with van der Waals surface area (Å²) in [5.74, 6) is 4.56. The van der Waals surface area contributed by atoms with Crippen molar-refractivity contribution < 1.29 is 9.53 Å². The van der Waals surface area contributed by atoms with Gasteiger partial charge in [0.05, 0.1) is 5.92 Å². The summed E-state index contributed by atoms with van der Waals surface area (Å²) in [6.45, 7) is 14.5. The molecule has 7 aliphatic rings. The smallest absolute Gasteiger partial charge is 0.310 e. The lowest BCUT2D eigenvalue weighted by molar-refractivity contribution is -0.172. The molecule has 4 saturated carbocycles. The van der Waals surface area contributed by atoms with Gasteiger partial charge in [-0.25, -0.2) is 0 Å². The molecule has 4 fully saturated rings. The molecule has 0 N–H and O–H groups in total. The molecule has 0 aromatic heterocycles. The van der Waals surface area contributed by atoms with Gasteiger partial charge in [-0.15, -0.1) is 0 Å². The highest BCUT2D eigenvalue weighted by Gasteiger charge is 2.61. The topological polar surface area (TPSA) is 26.3 Å². The Labute approximate surface area is 202 Å². The third-order valence-electron chi connectivity index (χ3n) is 12.6. The van der Waals surface area contributed by atoms with Gasteiger partial charge in [-0.05, 0) is 117 Å². The van der Waals surface area contributed by atoms with Crippen molar-refractivity contribution >= 4 is 5.97 Å². The number of hydrogen-bond donors (Lipinski definition) is 0. The third-order valence-corrected chi connectivity index (χ3v) is 12.6. The fraction of sp³-hybridized carbons (Fsp3) is 0.839. The van der Waals surface area contributed by atoms with Crippen LogP contribution in [-0.2, 0) is 9.53 Å². The van der Waals surface area contributed by atoms with Crippen molar-refractivity contribution in [2.45, 2.75) is 105 Å². The largest absolute Gasteiger partial charge is 0.458 e. The number of allylic oxidation sites excluding steroid dienone is 3. The van der Waals surface area contributed by atoms with Gasteiger partial charge in [0.2, 0.25) is 0 Å². The zero-order valence-corrected chi connectivity index (χ0v) is 22.0. The van der Waals surface area contributed by atoms with E-state index in [1.807, 2.05) is 0 Å². The summed E-state index contributed by atoms with van der Waals surface area (Å²) in [5.41, 5.74) is 4.05. The summed E-state index contributed by atoms with van der Waals surface area (Å²) in [7, 11) is 0. The monoisotopic (exact) mass is 450 g/mol. The predicted molar refractivity (Wildman–Crippen MR) is 133 cm³/mol. The maximum absolute atomic E-state index is 13.7. The summed E-state index contributed by atoms with van der Waals surface area (Å²) in [6.07, 6.45) is 16.3. The van der Waals surface area contributed by atoms with Crippen LogP contribution in [0.3, 0.4) is 0 Å². The number of fused-ring (bicyclic) bond motifs is 6. The average molecular weight is 451 g/mol. The Morgan fingerprint density at radius 2 is 1.79 bits per heavy atom. The van der Waals surface area contributed by atoms with Crippen LogP contribution in [0.2, 0.25) is 0 Å². The average Bonchev–Trinajstić information content (AvgIpc) is 3.11. The Morgan fingerprint density at radius 1 is 1.00 bits per heavy atom. The molecule has 0 aliphatic heterocycles. The zero-order chi connectivity index (χ0) is 23.3. The van der Waals surface area contributed by atoms with Crippen LogP contribution >= 0.6 is 0 Å². The molecule has 10 atom stereocenters. The number of ether oxygens (including phenoxy) is 1. The van der Waals surface area contributed by atoms with Crippen molar-refractivity contribution in [3.05, 3.63) is 23.3 Å². The lowest BCUT2D eigenvalue weighted by Gasteiger charge is -2.59. The van der Waals surface area contributed by atoms with Gasteiger partial charge in [-0.2, -0.15) is 0 Å². The Bertz CT molecular complexity index is 910. The number of carbonyl (C=O) groups is 1. The van der Waals surface area contributed by atoms with Crippen molar-refractivity contribution in [1.82, 2.24) is 0 Å². The van der Waals surface area contributed by atoms with Crippen LogP contribution in [0, 0.1) is 57.7 Å². The minimum absolute atomic E-state index is 0.000185. The first-order chi connectivity index (χ1) is 15.6. The number of rotatable bonds is 2. The zero-order valence-electron chi connectivity index (χ0n) is 22.0. The van der Waals surface area contributed by atoms with Gasteiger partial charge in [0.1, 0.15) is 6.10 Å². The Kier molecular flexibility index (Phi) is 4.91. The lowest BCUT2D eigenvalue weighted by Crippen LogP contribution is -2.55. The molecule has 7 aliphatic carbocycles. The fourth-order valence-corrected chi connectivity index (χ4v) is 10.3. The van der Waals surface area contributed by atoms with E-state index < -0.39 is 0 Å². The van der Waals surface area contributed by atoms with Gasteiger partial charge in [0.15, 0.2) is 0 Å². The van der Waals surface area contributed by atoms with Crippen LogP contribution in [0.1, 0.15) is 99.3 Å². The van der Waals surface area contributed by atoms with Crippen LogP contribution in [-0.4, -0.2) is 12.1 Å². The first kappa shape index (κ1) is 22.4. The van der Waals surface area contributed by atoms with E-state index in [1.54, 1.807) is 5.57 Å². The van der Waals surface area contributed by atoms with E-state index in [0.29, 0.717) is 23.2 Å². The highest BCUT2D eigenvalue weighted by Crippen LogP contribution is 2.67. The van der Waals surface area contributed by atoms with Crippen molar-refractivity contribution in [1.29, 1.82) is 0 Å². The molecule has 0 radical (unpaired) electrons. The maximum Gasteiger partial charge on any atom is 0.310 e. The molecule has 0 aromatic carbocycles. The summed E-state index contributed by atoms with van der Waals surface area (Å²) in [5, 5.41) is 0. The van der Waals surface area contributed by atoms with Crippen LogP contribution in [0.4, 0.5) is 0 Å². The molecular weight excluding hydrogens is 404 g/mol. The van der Waals surface area contributed by atoms with Crippen molar-refractivity contribution in [2.75, 3.05) is 0 Å². The van der Waals surface area contributed by atoms with E-state index in [-0.39, 0.29) is 28.8 Å². The molecule has 33 heavy (non-hydrogen) atoms. The second-order valence-electron chi connectivity index (χ2n) is 14.3. The maximum atomic E-state index is 13.7. The van der Waals surface area contributed by atoms with Crippen LogP contribution in [0.25, 0.3) is 0 Å². The SMILES string of the molecule is CC1=C[C@@H](OC(=O)[C@H]2CC[C@H]3[C@@H]4CC=C5CC(C)CC[C@]5(C)[C@H]4CC[C@]23C)[C@@H]2C[C@H]1C2(C)C. The minimum atomic E-state index is -0.000185. The molecule has 2 heteroatoms. The van der Waals surface area contributed by atoms with Crippen molar-refractivity contribution in [2.24, 2.45) is 57.7 Å². The predicted octanol–water partition coefficient (Wildman–Crippen LogP) is 7.74. The third kappa shape index (κ3) is 3.00. The molecule has 0 saturated heterocycles. The van der Waals surface area contributed by atoms with Gasteiger partial charge in [0.25, 0.3) is 0 Å². The summed E-state index contributed by atoms with van der Waals surface area (Å²) < 4.78 is 6.37. The van der Waals surface area contributed by atoms with E-state index in [0.717, 1.165) is 24.2 Å². The molecule has 0 aromatic rings. The number of esters is 1. The summed E-state index contributed by atoms with van der Waals surface area (Å²) >= 11 is 0. The standard InChI is InChI=1S/C31H46O2/c1-18-11-13-30(5)20(15-18)7-8-21-22-9-10-24(31(22,6)14-12-23(21)30)28(32)33-27-16-19(2)25-17-26(27)29(25,3)4/h7,16,18,21-27H,8-15,17H2,1-6H3/t18?,21-,22-,23-,24+,25+,26-,27+,30-,31-/m0/s1. The minimum Gasteiger partial charge on any atom is -0.458 e. The van der Waals surface area contributed by atoms with Gasteiger partial charge in [-0.1, -0.05) is 51.8 Å². The van der Waals surface area contributed by atoms with E-state index in [9.17, 15) is 4.79 Å². The van der Waals surface area contributed by atoms with Crippen LogP contribution in [0.5, 0.6) is 0 Å². The van der Waals surface area contributed by atoms with Crippen LogP contribution in [0.15, 0.2) is 23.3 Å². The van der Waals surface area contributed by atoms with E-state index in [4.69, 9.17) is 4.74 Å². The fourth-order valence-electron chi connectivity index (χ4n) is 10.3. The normalized spacial score (nSPS) is 51.8. The van der Waals surface area contributed by atoms with E-state index in [1.165, 1.54) is 56.9 Å². The molecule has 0 amide bonds. The Balaban J connectivity index is 1.21. The molecule has 0 spiro atoms. The van der Waals surface area contributed by atoms with Gasteiger partial charge < -0.3 is 4.74 Å². The lowest BCUT2D eigenvalue weighted by atomic mass is 9.47. The molecule has 2 bridgehead atoms. The summed E-state index contributed by atoms with van der Waals surface area (Å²) in [6, 6.07) is 0. The van der Waals surface area contributed by atoms with Gasteiger partial charge in [-0.3, -0.25) is 4.79 Å². The number of carbonyl (C=O) groups excluding carboxylic acids is 1. The summed E-state index contributed by atoms with van der Waals surface area (Å²) in [4.78, 5) is 13.7. The van der Waals surface area contributed by atoms with Crippen molar-refractivity contribution in [3.63, 3.8) is 0 Å². The van der Waals surface area contributed by atoms with Crippen molar-refractivity contribution in [3.8, 4) is 0 Å². The quantitative estimate of drug-likeness (QED) is 0.318. The number of hydrogen-bond acceptors (Lipinski definition) is 2. The van der Waals surface area contributed by atoms with Gasteiger partial charge >= 0.3 is 5.97 Å².